The van der Waals surface area contributed by atoms with Crippen LogP contribution in [-0.2, 0) is 16.1 Å². The minimum Gasteiger partial charge on any atom is -0.454 e. The van der Waals surface area contributed by atoms with Crippen molar-refractivity contribution < 1.29 is 23.9 Å². The van der Waals surface area contributed by atoms with Crippen LogP contribution in [-0.4, -0.2) is 35.5 Å². The van der Waals surface area contributed by atoms with E-state index in [0.717, 1.165) is 20.5 Å². The van der Waals surface area contributed by atoms with E-state index in [9.17, 15) is 14.4 Å². The lowest BCUT2D eigenvalue weighted by Crippen LogP contribution is -2.45. The molecule has 1 saturated heterocycles. The Morgan fingerprint density at radius 3 is 2.53 bits per heavy atom. The number of anilines is 1. The Bertz CT molecular complexity index is 1290. The molecule has 2 aliphatic heterocycles. The van der Waals surface area contributed by atoms with Crippen LogP contribution >= 0.6 is 15.9 Å². The van der Waals surface area contributed by atoms with Crippen molar-refractivity contribution in [1.82, 2.24) is 4.90 Å². The van der Waals surface area contributed by atoms with Crippen LogP contribution in [0, 0.1) is 6.92 Å². The predicted octanol–water partition coefficient (Wildman–Crippen LogP) is 4.46. The lowest BCUT2D eigenvalue weighted by Gasteiger charge is -2.28. The maximum Gasteiger partial charge on any atom is 0.257 e. The highest BCUT2D eigenvalue weighted by Crippen LogP contribution is 2.34. The van der Waals surface area contributed by atoms with Crippen molar-refractivity contribution >= 4 is 39.3 Å². The zero-order valence-electron chi connectivity index (χ0n) is 18.4. The molecule has 8 heteroatoms. The quantitative estimate of drug-likeness (QED) is 0.464. The highest BCUT2D eigenvalue weighted by Gasteiger charge is 2.44. The van der Waals surface area contributed by atoms with Gasteiger partial charge in [0.25, 0.3) is 11.8 Å². The second kappa shape index (κ2) is 8.95. The number of imide groups is 1. The molecule has 0 saturated carbocycles. The minimum absolute atomic E-state index is 0.0862. The van der Waals surface area contributed by atoms with E-state index in [4.69, 9.17) is 9.47 Å². The third-order valence-electron chi connectivity index (χ3n) is 6.01. The first-order chi connectivity index (χ1) is 16.4. The summed E-state index contributed by atoms with van der Waals surface area (Å²) in [4.78, 5) is 42.8. The van der Waals surface area contributed by atoms with E-state index >= 15 is 0 Å². The summed E-state index contributed by atoms with van der Waals surface area (Å²) < 4.78 is 11.7. The SMILES string of the molecule is Cc1ccccc1C(=O)N(Cc1ccc2c(c1)OCO2)C1CC(=O)N(c2ccc(Br)cc2)C1=O. The molecular weight excluding hydrogens is 500 g/mol. The van der Waals surface area contributed by atoms with Crippen molar-refractivity contribution in [2.75, 3.05) is 11.7 Å². The Labute approximate surface area is 205 Å². The summed E-state index contributed by atoms with van der Waals surface area (Å²) >= 11 is 3.37. The Balaban J connectivity index is 1.50. The van der Waals surface area contributed by atoms with Gasteiger partial charge >= 0.3 is 0 Å². The molecule has 1 atom stereocenters. The first-order valence-corrected chi connectivity index (χ1v) is 11.6. The number of ether oxygens (including phenoxy) is 2. The lowest BCUT2D eigenvalue weighted by atomic mass is 10.0. The van der Waals surface area contributed by atoms with Gasteiger partial charge in [0.2, 0.25) is 12.7 Å². The molecule has 172 valence electrons. The molecule has 3 aromatic rings. The molecule has 0 bridgehead atoms. The summed E-state index contributed by atoms with van der Waals surface area (Å²) in [5.41, 5.74) is 2.54. The Hall–Kier alpha value is -3.65. The van der Waals surface area contributed by atoms with E-state index in [2.05, 4.69) is 15.9 Å². The van der Waals surface area contributed by atoms with Gasteiger partial charge in [-0.1, -0.05) is 40.2 Å². The molecule has 0 aliphatic carbocycles. The zero-order chi connectivity index (χ0) is 23.8. The van der Waals surface area contributed by atoms with Crippen LogP contribution in [0.4, 0.5) is 5.69 Å². The second-order valence-electron chi connectivity index (χ2n) is 8.20. The molecule has 3 aromatic carbocycles. The van der Waals surface area contributed by atoms with E-state index in [1.807, 2.05) is 25.1 Å². The number of carbonyl (C=O) groups excluding carboxylic acids is 3. The summed E-state index contributed by atoms with van der Waals surface area (Å²) in [5.74, 6) is 0.153. The van der Waals surface area contributed by atoms with E-state index in [1.54, 1.807) is 48.5 Å². The van der Waals surface area contributed by atoms with Gasteiger partial charge in [-0.25, -0.2) is 4.90 Å². The monoisotopic (exact) mass is 520 g/mol. The van der Waals surface area contributed by atoms with Crippen molar-refractivity contribution in [2.24, 2.45) is 0 Å². The number of nitrogens with zero attached hydrogens (tertiary/aromatic N) is 2. The molecule has 34 heavy (non-hydrogen) atoms. The molecule has 2 heterocycles. The summed E-state index contributed by atoms with van der Waals surface area (Å²) in [5, 5.41) is 0. The maximum absolute atomic E-state index is 13.7. The van der Waals surface area contributed by atoms with Gasteiger partial charge in [-0.05, 0) is 60.5 Å². The fraction of sp³-hybridized carbons (Fsp3) is 0.192. The van der Waals surface area contributed by atoms with Gasteiger partial charge in [-0.15, -0.1) is 0 Å². The molecule has 3 amide bonds. The van der Waals surface area contributed by atoms with Crippen LogP contribution in [0.15, 0.2) is 71.2 Å². The molecule has 1 unspecified atom stereocenters. The van der Waals surface area contributed by atoms with Crippen LogP contribution < -0.4 is 14.4 Å². The topological polar surface area (TPSA) is 76.2 Å². The number of halogens is 1. The molecule has 0 radical (unpaired) electrons. The smallest absolute Gasteiger partial charge is 0.257 e. The number of benzene rings is 3. The predicted molar refractivity (Wildman–Crippen MR) is 129 cm³/mol. The average Bonchev–Trinajstić information content (AvgIpc) is 3.41. The average molecular weight is 521 g/mol. The van der Waals surface area contributed by atoms with Crippen LogP contribution in [0.25, 0.3) is 0 Å². The molecule has 2 aliphatic rings. The molecule has 7 nitrogen and oxygen atoms in total. The van der Waals surface area contributed by atoms with Crippen LogP contribution in [0.3, 0.4) is 0 Å². The minimum atomic E-state index is -0.923. The van der Waals surface area contributed by atoms with Crippen LogP contribution in [0.1, 0.15) is 27.9 Å². The third kappa shape index (κ3) is 4.05. The van der Waals surface area contributed by atoms with Gasteiger partial charge < -0.3 is 14.4 Å². The normalized spacial score (nSPS) is 16.8. The van der Waals surface area contributed by atoms with Crippen molar-refractivity contribution in [3.63, 3.8) is 0 Å². The van der Waals surface area contributed by atoms with Gasteiger partial charge in [0, 0.05) is 16.6 Å². The largest absolute Gasteiger partial charge is 0.454 e. The van der Waals surface area contributed by atoms with Gasteiger partial charge in [0.05, 0.1) is 12.1 Å². The number of aryl methyl sites for hydroxylation is 1. The lowest BCUT2D eigenvalue weighted by molar-refractivity contribution is -0.122. The van der Waals surface area contributed by atoms with E-state index < -0.39 is 11.9 Å². The maximum atomic E-state index is 13.7. The standard InChI is InChI=1S/C26H21BrN2O5/c1-16-4-2-3-5-20(16)25(31)28(14-17-6-11-22-23(12-17)34-15-33-22)21-13-24(30)29(26(21)32)19-9-7-18(27)8-10-19/h2-12,21H,13-15H2,1H3. The fourth-order valence-corrected chi connectivity index (χ4v) is 4.51. The number of rotatable bonds is 5. The van der Waals surface area contributed by atoms with Gasteiger partial charge in [0.1, 0.15) is 6.04 Å². The number of fused-ring (bicyclic) bond motifs is 1. The Kier molecular flexibility index (Phi) is 5.83. The van der Waals surface area contributed by atoms with Gasteiger partial charge in [-0.3, -0.25) is 14.4 Å². The van der Waals surface area contributed by atoms with Crippen LogP contribution in [0.5, 0.6) is 11.5 Å². The zero-order valence-corrected chi connectivity index (χ0v) is 19.9. The highest BCUT2D eigenvalue weighted by molar-refractivity contribution is 9.10. The molecule has 0 aromatic heterocycles. The summed E-state index contributed by atoms with van der Waals surface area (Å²) in [6.07, 6.45) is -0.0862. The van der Waals surface area contributed by atoms with Crippen molar-refractivity contribution in [1.29, 1.82) is 0 Å². The number of carbonyl (C=O) groups is 3. The van der Waals surface area contributed by atoms with Gasteiger partial charge in [0.15, 0.2) is 11.5 Å². The summed E-state index contributed by atoms with van der Waals surface area (Å²) in [6.45, 7) is 2.13. The van der Waals surface area contributed by atoms with E-state index in [0.29, 0.717) is 22.7 Å². The van der Waals surface area contributed by atoms with Crippen molar-refractivity contribution in [3.8, 4) is 11.5 Å². The molecule has 0 spiro atoms. The Morgan fingerprint density at radius 2 is 1.76 bits per heavy atom. The molecule has 5 rings (SSSR count). The third-order valence-corrected chi connectivity index (χ3v) is 6.54. The fourth-order valence-electron chi connectivity index (χ4n) is 4.25. The van der Waals surface area contributed by atoms with Crippen LogP contribution in [0.2, 0.25) is 0 Å². The summed E-state index contributed by atoms with van der Waals surface area (Å²) in [6, 6.07) is 18.7. The number of amides is 3. The Morgan fingerprint density at radius 1 is 1.03 bits per heavy atom. The first kappa shape index (κ1) is 22.2. The molecular formula is C26H21BrN2O5. The second-order valence-corrected chi connectivity index (χ2v) is 9.11. The van der Waals surface area contributed by atoms with Crippen molar-refractivity contribution in [2.45, 2.75) is 25.9 Å². The van der Waals surface area contributed by atoms with Crippen molar-refractivity contribution in [3.05, 3.63) is 87.9 Å². The molecule has 1 fully saturated rings. The van der Waals surface area contributed by atoms with Gasteiger partial charge in [-0.2, -0.15) is 0 Å². The van der Waals surface area contributed by atoms with E-state index in [-0.39, 0.29) is 31.6 Å². The first-order valence-electron chi connectivity index (χ1n) is 10.8. The summed E-state index contributed by atoms with van der Waals surface area (Å²) in [7, 11) is 0. The number of hydrogen-bond donors (Lipinski definition) is 0. The highest BCUT2D eigenvalue weighted by atomic mass is 79.9. The van der Waals surface area contributed by atoms with E-state index in [1.165, 1.54) is 4.90 Å². The molecule has 0 N–H and O–H groups in total. The number of hydrogen-bond acceptors (Lipinski definition) is 5.